The number of rotatable bonds is 4. The van der Waals surface area contributed by atoms with E-state index in [2.05, 4.69) is 33.2 Å². The van der Waals surface area contributed by atoms with Crippen molar-refractivity contribution in [2.24, 2.45) is 5.92 Å². The average Bonchev–Trinajstić information content (AvgIpc) is 3.25. The molecule has 1 aromatic carbocycles. The fourth-order valence-electron chi connectivity index (χ4n) is 3.01. The highest BCUT2D eigenvalue weighted by Crippen LogP contribution is 2.48. The van der Waals surface area contributed by atoms with Gasteiger partial charge in [0, 0.05) is 4.47 Å². The Hall–Kier alpha value is -1.66. The second kappa shape index (κ2) is 6.09. The molecule has 2 aliphatic rings. The molecular formula is C17H17BrN2O3. The van der Waals surface area contributed by atoms with Crippen LogP contribution in [0.5, 0.6) is 0 Å². The van der Waals surface area contributed by atoms with Crippen LogP contribution in [0.15, 0.2) is 34.8 Å². The smallest absolute Gasteiger partial charge is 0.309 e. The first-order valence-corrected chi connectivity index (χ1v) is 8.55. The molecular weight excluding hydrogens is 360 g/mol. The minimum atomic E-state index is -0.125. The van der Waals surface area contributed by atoms with E-state index in [4.69, 9.17) is 9.47 Å². The summed E-state index contributed by atoms with van der Waals surface area (Å²) in [6.45, 7) is 2.26. The standard InChI is InChI=1S/C17H17BrN2O3/c18-12-3-1-11(2-4-12)15-8-16(15)17(21)23-9-13-7-14-10-22-6-5-20(14)19-13/h1-4,7,15-16H,5-6,8-10H2/t15-,16+/m0/s1. The first kappa shape index (κ1) is 14.9. The molecule has 1 saturated carbocycles. The SMILES string of the molecule is O=C(OCc1cc2n(n1)CCOC2)[C@@H]1C[C@H]1c1ccc(Br)cc1. The van der Waals surface area contributed by atoms with E-state index in [-0.39, 0.29) is 18.5 Å². The van der Waals surface area contributed by atoms with E-state index < -0.39 is 0 Å². The molecule has 5 nitrogen and oxygen atoms in total. The Morgan fingerprint density at radius 1 is 1.39 bits per heavy atom. The topological polar surface area (TPSA) is 53.4 Å². The van der Waals surface area contributed by atoms with Crippen LogP contribution in [0.1, 0.15) is 29.3 Å². The van der Waals surface area contributed by atoms with Gasteiger partial charge in [-0.15, -0.1) is 0 Å². The predicted octanol–water partition coefficient (Wildman–Crippen LogP) is 3.02. The number of fused-ring (bicyclic) bond motifs is 1. The number of aromatic nitrogens is 2. The molecule has 1 aromatic heterocycles. The molecule has 1 fully saturated rings. The molecule has 0 N–H and O–H groups in total. The van der Waals surface area contributed by atoms with Gasteiger partial charge >= 0.3 is 5.97 Å². The van der Waals surface area contributed by atoms with Gasteiger partial charge in [0.05, 0.1) is 31.4 Å². The highest BCUT2D eigenvalue weighted by Gasteiger charge is 2.45. The van der Waals surface area contributed by atoms with Crippen molar-refractivity contribution in [3.05, 3.63) is 51.8 Å². The van der Waals surface area contributed by atoms with Gasteiger partial charge in [-0.2, -0.15) is 5.10 Å². The maximum absolute atomic E-state index is 12.2. The minimum absolute atomic E-state index is 0.0169. The third-order valence-corrected chi connectivity index (χ3v) is 4.89. The lowest BCUT2D eigenvalue weighted by atomic mass is 10.1. The van der Waals surface area contributed by atoms with Crippen LogP contribution in [0.3, 0.4) is 0 Å². The molecule has 23 heavy (non-hydrogen) atoms. The fourth-order valence-corrected chi connectivity index (χ4v) is 3.27. The van der Waals surface area contributed by atoms with E-state index in [1.54, 1.807) is 0 Å². The molecule has 120 valence electrons. The summed E-state index contributed by atoms with van der Waals surface area (Å²) < 4.78 is 13.8. The number of benzene rings is 1. The number of ether oxygens (including phenoxy) is 2. The lowest BCUT2D eigenvalue weighted by Gasteiger charge is -2.12. The van der Waals surface area contributed by atoms with E-state index in [9.17, 15) is 4.79 Å². The Labute approximate surface area is 142 Å². The summed E-state index contributed by atoms with van der Waals surface area (Å²) >= 11 is 3.42. The molecule has 2 heterocycles. The Kier molecular flexibility index (Phi) is 3.95. The van der Waals surface area contributed by atoms with E-state index in [1.165, 1.54) is 5.56 Å². The van der Waals surface area contributed by atoms with Crippen molar-refractivity contribution < 1.29 is 14.3 Å². The maximum atomic E-state index is 12.2. The van der Waals surface area contributed by atoms with E-state index in [1.807, 2.05) is 22.9 Å². The molecule has 2 aromatic rings. The van der Waals surface area contributed by atoms with Gasteiger partial charge in [-0.1, -0.05) is 28.1 Å². The predicted molar refractivity (Wildman–Crippen MR) is 86.7 cm³/mol. The summed E-state index contributed by atoms with van der Waals surface area (Å²) in [5, 5.41) is 4.44. The lowest BCUT2D eigenvalue weighted by molar-refractivity contribution is -0.146. The molecule has 1 aliphatic carbocycles. The third-order valence-electron chi connectivity index (χ3n) is 4.36. The van der Waals surface area contributed by atoms with Gasteiger partial charge < -0.3 is 9.47 Å². The minimum Gasteiger partial charge on any atom is -0.459 e. The van der Waals surface area contributed by atoms with Crippen LogP contribution in [0.4, 0.5) is 0 Å². The molecule has 4 rings (SSSR count). The maximum Gasteiger partial charge on any atom is 0.309 e. The fraction of sp³-hybridized carbons (Fsp3) is 0.412. The van der Waals surface area contributed by atoms with Crippen LogP contribution in [0, 0.1) is 5.92 Å². The van der Waals surface area contributed by atoms with Gasteiger partial charge in [0.1, 0.15) is 12.3 Å². The Bertz CT molecular complexity index is 702. The van der Waals surface area contributed by atoms with Crippen LogP contribution in [0.2, 0.25) is 0 Å². The second-order valence-electron chi connectivity index (χ2n) is 6.01. The quantitative estimate of drug-likeness (QED) is 0.769. The third kappa shape index (κ3) is 3.19. The summed E-state index contributed by atoms with van der Waals surface area (Å²) in [5.41, 5.74) is 3.03. The Morgan fingerprint density at radius 3 is 3.00 bits per heavy atom. The molecule has 0 spiro atoms. The van der Waals surface area contributed by atoms with E-state index >= 15 is 0 Å². The summed E-state index contributed by atoms with van der Waals surface area (Å²) in [5.74, 6) is 0.149. The largest absolute Gasteiger partial charge is 0.459 e. The van der Waals surface area contributed by atoms with Crippen molar-refractivity contribution in [2.45, 2.75) is 32.1 Å². The first-order chi connectivity index (χ1) is 11.2. The Morgan fingerprint density at radius 2 is 2.22 bits per heavy atom. The van der Waals surface area contributed by atoms with Crippen molar-refractivity contribution in [2.75, 3.05) is 6.61 Å². The molecule has 2 atom stereocenters. The van der Waals surface area contributed by atoms with Crippen molar-refractivity contribution in [3.8, 4) is 0 Å². The molecule has 0 bridgehead atoms. The molecule has 0 saturated heterocycles. The zero-order chi connectivity index (χ0) is 15.8. The van der Waals surface area contributed by atoms with Crippen LogP contribution >= 0.6 is 15.9 Å². The monoisotopic (exact) mass is 376 g/mol. The van der Waals surface area contributed by atoms with Crippen LogP contribution in [0.25, 0.3) is 0 Å². The van der Waals surface area contributed by atoms with Crippen molar-refractivity contribution >= 4 is 21.9 Å². The van der Waals surface area contributed by atoms with E-state index in [0.29, 0.717) is 19.1 Å². The average molecular weight is 377 g/mol. The van der Waals surface area contributed by atoms with Gasteiger partial charge in [-0.3, -0.25) is 9.48 Å². The summed E-state index contributed by atoms with van der Waals surface area (Å²) in [7, 11) is 0. The van der Waals surface area contributed by atoms with Crippen LogP contribution in [-0.4, -0.2) is 22.4 Å². The van der Waals surface area contributed by atoms with Gasteiger partial charge in [-0.25, -0.2) is 0 Å². The number of esters is 1. The number of hydrogen-bond acceptors (Lipinski definition) is 4. The summed E-state index contributed by atoms with van der Waals surface area (Å²) in [4.78, 5) is 12.2. The molecule has 6 heteroatoms. The second-order valence-corrected chi connectivity index (χ2v) is 6.93. The number of nitrogens with zero attached hydrogens (tertiary/aromatic N) is 2. The number of halogens is 1. The molecule has 1 aliphatic heterocycles. The van der Waals surface area contributed by atoms with Gasteiger partial charge in [0.2, 0.25) is 0 Å². The van der Waals surface area contributed by atoms with Gasteiger partial charge in [-0.05, 0) is 36.1 Å². The van der Waals surface area contributed by atoms with Crippen LogP contribution in [-0.2, 0) is 34.0 Å². The molecule has 0 amide bonds. The zero-order valence-corrected chi connectivity index (χ0v) is 14.2. The van der Waals surface area contributed by atoms with Crippen molar-refractivity contribution in [3.63, 3.8) is 0 Å². The first-order valence-electron chi connectivity index (χ1n) is 7.76. The summed E-state index contributed by atoms with van der Waals surface area (Å²) in [6, 6.07) is 10.1. The number of carbonyl (C=O) groups is 1. The summed E-state index contributed by atoms with van der Waals surface area (Å²) in [6.07, 6.45) is 0.869. The normalized spacial score (nSPS) is 22.5. The van der Waals surface area contributed by atoms with Crippen molar-refractivity contribution in [1.29, 1.82) is 0 Å². The number of carbonyl (C=O) groups excluding carboxylic acids is 1. The number of hydrogen-bond donors (Lipinski definition) is 0. The van der Waals surface area contributed by atoms with Gasteiger partial charge in [0.25, 0.3) is 0 Å². The van der Waals surface area contributed by atoms with Crippen LogP contribution < -0.4 is 0 Å². The highest BCUT2D eigenvalue weighted by molar-refractivity contribution is 9.10. The Balaban J connectivity index is 1.32. The van der Waals surface area contributed by atoms with E-state index in [0.717, 1.165) is 28.8 Å². The molecule has 0 radical (unpaired) electrons. The van der Waals surface area contributed by atoms with Gasteiger partial charge in [0.15, 0.2) is 0 Å². The molecule has 0 unspecified atom stereocenters. The lowest BCUT2D eigenvalue weighted by Crippen LogP contribution is -2.17. The highest BCUT2D eigenvalue weighted by atomic mass is 79.9. The van der Waals surface area contributed by atoms with Crippen molar-refractivity contribution in [1.82, 2.24) is 9.78 Å². The zero-order valence-electron chi connectivity index (χ0n) is 12.6.